The van der Waals surface area contributed by atoms with Gasteiger partial charge in [0.25, 0.3) is 5.88 Å². The minimum atomic E-state index is -0.534. The summed E-state index contributed by atoms with van der Waals surface area (Å²) in [6.07, 6.45) is 0.891. The molecule has 1 aliphatic rings. The van der Waals surface area contributed by atoms with E-state index >= 15 is 0 Å². The van der Waals surface area contributed by atoms with Gasteiger partial charge < -0.3 is 14.9 Å². The topological polar surface area (TPSA) is 113 Å². The average Bonchev–Trinajstić information content (AvgIpc) is 2.88. The van der Waals surface area contributed by atoms with Crippen LogP contribution >= 0.6 is 0 Å². The monoisotopic (exact) mass is 254 g/mol. The van der Waals surface area contributed by atoms with Crippen molar-refractivity contribution in [1.82, 2.24) is 4.98 Å². The molecule has 0 radical (unpaired) electrons. The number of rotatable bonds is 5. The summed E-state index contributed by atoms with van der Waals surface area (Å²) >= 11 is 0. The van der Waals surface area contributed by atoms with Gasteiger partial charge in [0.1, 0.15) is 5.82 Å². The molecule has 0 amide bonds. The van der Waals surface area contributed by atoms with Gasteiger partial charge in [0.15, 0.2) is 0 Å². The van der Waals surface area contributed by atoms with Crippen LogP contribution < -0.4 is 16.0 Å². The van der Waals surface area contributed by atoms with E-state index in [2.05, 4.69) is 10.4 Å². The van der Waals surface area contributed by atoms with E-state index in [1.807, 2.05) is 0 Å². The van der Waals surface area contributed by atoms with Gasteiger partial charge in [-0.15, -0.1) is 0 Å². The fraction of sp³-hybridized carbons (Fsp3) is 0.500. The van der Waals surface area contributed by atoms with E-state index in [0.717, 1.165) is 6.42 Å². The SMILES string of the molecule is NNc1ccc([N+](=O)[O-])c(OCC2CCOC2)n1. The van der Waals surface area contributed by atoms with Crippen molar-refractivity contribution in [1.29, 1.82) is 0 Å². The molecule has 0 aliphatic carbocycles. The van der Waals surface area contributed by atoms with Crippen LogP contribution in [0.2, 0.25) is 0 Å². The molecular formula is C10H14N4O4. The molecule has 18 heavy (non-hydrogen) atoms. The van der Waals surface area contributed by atoms with Crippen molar-refractivity contribution < 1.29 is 14.4 Å². The lowest BCUT2D eigenvalue weighted by molar-refractivity contribution is -0.386. The maximum Gasteiger partial charge on any atom is 0.331 e. The quantitative estimate of drug-likeness (QED) is 0.451. The Kier molecular flexibility index (Phi) is 3.90. The second-order valence-electron chi connectivity index (χ2n) is 3.96. The average molecular weight is 254 g/mol. The van der Waals surface area contributed by atoms with E-state index < -0.39 is 4.92 Å². The number of nitrogens with one attached hydrogen (secondary N) is 1. The standard InChI is InChI=1S/C10H14N4O4/c11-13-9-2-1-8(14(15)16)10(12-9)18-6-7-3-4-17-5-7/h1-2,7H,3-6,11H2,(H,12,13). The molecule has 0 saturated carbocycles. The smallest absolute Gasteiger partial charge is 0.331 e. The number of pyridine rings is 1. The molecule has 8 nitrogen and oxygen atoms in total. The van der Waals surface area contributed by atoms with E-state index in [-0.39, 0.29) is 17.5 Å². The summed E-state index contributed by atoms with van der Waals surface area (Å²) in [5, 5.41) is 10.8. The molecular weight excluding hydrogens is 240 g/mol. The number of hydrogen-bond donors (Lipinski definition) is 2. The first-order chi connectivity index (χ1) is 8.70. The third-order valence-corrected chi connectivity index (χ3v) is 2.66. The second kappa shape index (κ2) is 5.61. The number of anilines is 1. The molecule has 1 fully saturated rings. The summed E-state index contributed by atoms with van der Waals surface area (Å²) in [6.45, 7) is 1.67. The van der Waals surface area contributed by atoms with Gasteiger partial charge in [0, 0.05) is 18.6 Å². The number of aromatic nitrogens is 1. The van der Waals surface area contributed by atoms with Gasteiger partial charge in [-0.25, -0.2) is 5.84 Å². The van der Waals surface area contributed by atoms with Gasteiger partial charge in [-0.1, -0.05) is 0 Å². The zero-order valence-corrected chi connectivity index (χ0v) is 9.67. The normalized spacial score (nSPS) is 18.6. The maximum absolute atomic E-state index is 10.8. The second-order valence-corrected chi connectivity index (χ2v) is 3.96. The van der Waals surface area contributed by atoms with Crippen molar-refractivity contribution in [2.24, 2.45) is 11.8 Å². The van der Waals surface area contributed by atoms with Crippen molar-refractivity contribution in [3.8, 4) is 5.88 Å². The molecule has 2 rings (SSSR count). The lowest BCUT2D eigenvalue weighted by Crippen LogP contribution is -2.14. The highest BCUT2D eigenvalue weighted by atomic mass is 16.6. The van der Waals surface area contributed by atoms with Gasteiger partial charge >= 0.3 is 5.69 Å². The van der Waals surface area contributed by atoms with E-state index in [1.54, 1.807) is 0 Å². The van der Waals surface area contributed by atoms with Gasteiger partial charge in [0.05, 0.1) is 18.1 Å². The molecule has 3 N–H and O–H groups in total. The molecule has 0 bridgehead atoms. The van der Waals surface area contributed by atoms with Gasteiger partial charge in [-0.2, -0.15) is 4.98 Å². The molecule has 98 valence electrons. The predicted octanol–water partition coefficient (Wildman–Crippen LogP) is 0.691. The molecule has 2 heterocycles. The molecule has 1 atom stereocenters. The summed E-state index contributed by atoms with van der Waals surface area (Å²) in [5.74, 6) is 5.75. The summed E-state index contributed by atoms with van der Waals surface area (Å²) in [6, 6.07) is 2.73. The summed E-state index contributed by atoms with van der Waals surface area (Å²) in [7, 11) is 0. The number of hydrazine groups is 1. The molecule has 1 aliphatic heterocycles. The van der Waals surface area contributed by atoms with Crippen molar-refractivity contribution in [3.05, 3.63) is 22.2 Å². The zero-order chi connectivity index (χ0) is 13.0. The Morgan fingerprint density at radius 1 is 1.67 bits per heavy atom. The fourth-order valence-corrected chi connectivity index (χ4v) is 1.67. The lowest BCUT2D eigenvalue weighted by atomic mass is 10.1. The van der Waals surface area contributed by atoms with Crippen LogP contribution in [-0.2, 0) is 4.74 Å². The predicted molar refractivity (Wildman–Crippen MR) is 63.1 cm³/mol. The fourth-order valence-electron chi connectivity index (χ4n) is 1.67. The molecule has 0 spiro atoms. The van der Waals surface area contributed by atoms with Crippen LogP contribution in [0.4, 0.5) is 11.5 Å². The summed E-state index contributed by atoms with van der Waals surface area (Å²) in [4.78, 5) is 14.2. The van der Waals surface area contributed by atoms with E-state index in [9.17, 15) is 10.1 Å². The van der Waals surface area contributed by atoms with Crippen LogP contribution in [0.3, 0.4) is 0 Å². The highest BCUT2D eigenvalue weighted by Gasteiger charge is 2.21. The van der Waals surface area contributed by atoms with Gasteiger partial charge in [-0.05, 0) is 12.5 Å². The largest absolute Gasteiger partial charge is 0.472 e. The van der Waals surface area contributed by atoms with Crippen molar-refractivity contribution in [2.45, 2.75) is 6.42 Å². The van der Waals surface area contributed by atoms with Gasteiger partial charge in [0.2, 0.25) is 0 Å². The number of nitrogens with two attached hydrogens (primary N) is 1. The van der Waals surface area contributed by atoms with E-state index in [4.69, 9.17) is 15.3 Å². The minimum absolute atomic E-state index is 0.0256. The molecule has 1 saturated heterocycles. The number of nitrogen functional groups attached to an aromatic ring is 1. The first-order valence-electron chi connectivity index (χ1n) is 5.53. The van der Waals surface area contributed by atoms with Crippen molar-refractivity contribution >= 4 is 11.5 Å². The highest BCUT2D eigenvalue weighted by molar-refractivity contribution is 5.48. The molecule has 8 heteroatoms. The maximum atomic E-state index is 10.8. The van der Waals surface area contributed by atoms with E-state index in [1.165, 1.54) is 12.1 Å². The summed E-state index contributed by atoms with van der Waals surface area (Å²) in [5.41, 5.74) is 2.15. The Morgan fingerprint density at radius 3 is 3.11 bits per heavy atom. The number of nitro groups is 1. The van der Waals surface area contributed by atoms with Crippen LogP contribution in [0.5, 0.6) is 5.88 Å². The van der Waals surface area contributed by atoms with Crippen molar-refractivity contribution in [3.63, 3.8) is 0 Å². The third-order valence-electron chi connectivity index (χ3n) is 2.66. The molecule has 0 aromatic carbocycles. The van der Waals surface area contributed by atoms with Crippen molar-refractivity contribution in [2.75, 3.05) is 25.2 Å². The first kappa shape index (κ1) is 12.5. The molecule has 1 aromatic rings. The Balaban J connectivity index is 2.10. The number of ether oxygens (including phenoxy) is 2. The Morgan fingerprint density at radius 2 is 2.50 bits per heavy atom. The van der Waals surface area contributed by atoms with E-state index in [0.29, 0.717) is 25.6 Å². The van der Waals surface area contributed by atoms with Crippen LogP contribution in [0.1, 0.15) is 6.42 Å². The van der Waals surface area contributed by atoms with Crippen LogP contribution in [0.25, 0.3) is 0 Å². The van der Waals surface area contributed by atoms with Gasteiger partial charge in [-0.3, -0.25) is 10.1 Å². The summed E-state index contributed by atoms with van der Waals surface area (Å²) < 4.78 is 10.6. The first-order valence-corrected chi connectivity index (χ1v) is 5.53. The van der Waals surface area contributed by atoms with Crippen LogP contribution in [0, 0.1) is 16.0 Å². The Labute approximate surface area is 103 Å². The number of hydrogen-bond acceptors (Lipinski definition) is 7. The highest BCUT2D eigenvalue weighted by Crippen LogP contribution is 2.27. The van der Waals surface area contributed by atoms with Crippen LogP contribution in [0.15, 0.2) is 12.1 Å². The van der Waals surface area contributed by atoms with Crippen LogP contribution in [-0.4, -0.2) is 29.7 Å². The Hall–Kier alpha value is -1.93. The lowest BCUT2D eigenvalue weighted by Gasteiger charge is -2.10. The Bertz CT molecular complexity index is 434. The third kappa shape index (κ3) is 2.84. The minimum Gasteiger partial charge on any atom is -0.472 e. The number of nitrogens with zero attached hydrogens (tertiary/aromatic N) is 2. The molecule has 1 unspecified atom stereocenters. The zero-order valence-electron chi connectivity index (χ0n) is 9.67. The molecule has 1 aromatic heterocycles.